The highest BCUT2D eigenvalue weighted by Gasteiger charge is 2.32. The molecule has 0 spiro atoms. The highest BCUT2D eigenvalue weighted by molar-refractivity contribution is 7.91. The lowest BCUT2D eigenvalue weighted by Gasteiger charge is -2.29. The summed E-state index contributed by atoms with van der Waals surface area (Å²) in [6.45, 7) is 3.26. The standard InChI is InChI=1S/C14H20ClN3O4S2/c15-12-2-3-13(23-12)24(20,21)18-6-1-5-17(7-8-18)14(19)11-10-22-9-4-16-11/h2-3,11,16H,1,4-10H2. The number of ether oxygens (including phenoxy) is 1. The van der Waals surface area contributed by atoms with E-state index in [4.69, 9.17) is 16.3 Å². The van der Waals surface area contributed by atoms with Crippen LogP contribution in [0, 0.1) is 0 Å². The Labute approximate surface area is 150 Å². The second-order valence-electron chi connectivity index (χ2n) is 5.72. The molecule has 2 aliphatic heterocycles. The third-order valence-electron chi connectivity index (χ3n) is 4.13. The van der Waals surface area contributed by atoms with Crippen LogP contribution in [0.25, 0.3) is 0 Å². The normalized spacial score (nSPS) is 23.9. The molecule has 3 rings (SSSR count). The Morgan fingerprint density at radius 3 is 2.79 bits per heavy atom. The van der Waals surface area contributed by atoms with Gasteiger partial charge in [0.1, 0.15) is 10.3 Å². The molecule has 2 fully saturated rings. The van der Waals surface area contributed by atoms with Crippen LogP contribution in [0.4, 0.5) is 0 Å². The Balaban J connectivity index is 1.65. The van der Waals surface area contributed by atoms with Crippen molar-refractivity contribution in [2.75, 3.05) is 45.9 Å². The van der Waals surface area contributed by atoms with Gasteiger partial charge in [0.25, 0.3) is 10.0 Å². The van der Waals surface area contributed by atoms with Gasteiger partial charge in [-0.15, -0.1) is 11.3 Å². The summed E-state index contributed by atoms with van der Waals surface area (Å²) in [6.07, 6.45) is 0.609. The molecule has 24 heavy (non-hydrogen) atoms. The van der Waals surface area contributed by atoms with Crippen LogP contribution in [0.1, 0.15) is 6.42 Å². The topological polar surface area (TPSA) is 79.0 Å². The summed E-state index contributed by atoms with van der Waals surface area (Å²) in [4.78, 5) is 14.3. The molecule has 1 unspecified atom stereocenters. The summed E-state index contributed by atoms with van der Waals surface area (Å²) < 4.78 is 32.8. The Hall–Kier alpha value is -0.710. The van der Waals surface area contributed by atoms with Crippen molar-refractivity contribution in [2.24, 2.45) is 0 Å². The number of sulfonamides is 1. The second-order valence-corrected chi connectivity index (χ2v) is 9.60. The number of nitrogens with zero attached hydrogens (tertiary/aromatic N) is 2. The van der Waals surface area contributed by atoms with E-state index in [1.807, 2.05) is 0 Å². The van der Waals surface area contributed by atoms with E-state index >= 15 is 0 Å². The van der Waals surface area contributed by atoms with Gasteiger partial charge < -0.3 is 15.0 Å². The molecule has 0 radical (unpaired) electrons. The van der Waals surface area contributed by atoms with E-state index in [0.717, 1.165) is 11.3 Å². The van der Waals surface area contributed by atoms with Crippen molar-refractivity contribution in [1.82, 2.24) is 14.5 Å². The van der Waals surface area contributed by atoms with E-state index in [2.05, 4.69) is 5.32 Å². The van der Waals surface area contributed by atoms with E-state index in [1.54, 1.807) is 11.0 Å². The van der Waals surface area contributed by atoms with Crippen molar-refractivity contribution in [2.45, 2.75) is 16.7 Å². The fraction of sp³-hybridized carbons (Fsp3) is 0.643. The number of rotatable bonds is 3. The third kappa shape index (κ3) is 3.92. The van der Waals surface area contributed by atoms with Crippen molar-refractivity contribution in [3.8, 4) is 0 Å². The molecule has 1 N–H and O–H groups in total. The Morgan fingerprint density at radius 1 is 1.29 bits per heavy atom. The monoisotopic (exact) mass is 393 g/mol. The van der Waals surface area contributed by atoms with Crippen LogP contribution < -0.4 is 5.32 Å². The lowest BCUT2D eigenvalue weighted by atomic mass is 10.2. The maximum absolute atomic E-state index is 12.7. The van der Waals surface area contributed by atoms with E-state index in [1.165, 1.54) is 10.4 Å². The first kappa shape index (κ1) is 18.1. The zero-order chi connectivity index (χ0) is 17.2. The van der Waals surface area contributed by atoms with Crippen LogP contribution in [0.15, 0.2) is 16.3 Å². The van der Waals surface area contributed by atoms with Crippen LogP contribution in [0.3, 0.4) is 0 Å². The number of hydrogen-bond acceptors (Lipinski definition) is 6. The molecule has 134 valence electrons. The summed E-state index contributed by atoms with van der Waals surface area (Å²) in [6, 6.07) is 2.78. The second kappa shape index (κ2) is 7.67. The summed E-state index contributed by atoms with van der Waals surface area (Å²) in [5.74, 6) is -0.0203. The fourth-order valence-electron chi connectivity index (χ4n) is 2.86. The van der Waals surface area contributed by atoms with Gasteiger partial charge in [-0.3, -0.25) is 4.79 Å². The summed E-state index contributed by atoms with van der Waals surface area (Å²) in [5.41, 5.74) is 0. The maximum Gasteiger partial charge on any atom is 0.252 e. The average molecular weight is 394 g/mol. The van der Waals surface area contributed by atoms with Gasteiger partial charge in [0, 0.05) is 32.7 Å². The van der Waals surface area contributed by atoms with Crippen molar-refractivity contribution >= 4 is 38.9 Å². The largest absolute Gasteiger partial charge is 0.378 e. The van der Waals surface area contributed by atoms with Crippen LogP contribution >= 0.6 is 22.9 Å². The van der Waals surface area contributed by atoms with Gasteiger partial charge in [-0.05, 0) is 18.6 Å². The zero-order valence-electron chi connectivity index (χ0n) is 13.1. The van der Waals surface area contributed by atoms with Gasteiger partial charge in [-0.1, -0.05) is 11.6 Å². The SMILES string of the molecule is O=C(C1COCCN1)N1CCCN(S(=O)(=O)c2ccc(Cl)s2)CC1. The number of halogens is 1. The molecule has 1 aromatic heterocycles. The lowest BCUT2D eigenvalue weighted by Crippen LogP contribution is -2.53. The average Bonchev–Trinajstić information content (AvgIpc) is 2.88. The van der Waals surface area contributed by atoms with E-state index in [0.29, 0.717) is 50.1 Å². The predicted octanol–water partition coefficient (Wildman–Crippen LogP) is 0.613. The first-order chi connectivity index (χ1) is 11.5. The van der Waals surface area contributed by atoms with Crippen LogP contribution in [-0.2, 0) is 19.6 Å². The number of hydrogen-bond donors (Lipinski definition) is 1. The number of carbonyl (C=O) groups is 1. The summed E-state index contributed by atoms with van der Waals surface area (Å²) in [5, 5.41) is 3.15. The van der Waals surface area contributed by atoms with E-state index in [-0.39, 0.29) is 22.7 Å². The molecule has 1 amide bonds. The number of morpholine rings is 1. The molecule has 1 aromatic rings. The van der Waals surface area contributed by atoms with E-state index < -0.39 is 10.0 Å². The van der Waals surface area contributed by atoms with E-state index in [9.17, 15) is 13.2 Å². The molecule has 0 saturated carbocycles. The Kier molecular flexibility index (Phi) is 5.78. The molecule has 1 atom stereocenters. The minimum Gasteiger partial charge on any atom is -0.378 e. The molecule has 10 heteroatoms. The maximum atomic E-state index is 12.7. The van der Waals surface area contributed by atoms with Crippen LogP contribution in [0.2, 0.25) is 4.34 Å². The molecule has 2 saturated heterocycles. The quantitative estimate of drug-likeness (QED) is 0.814. The van der Waals surface area contributed by atoms with Crippen LogP contribution in [0.5, 0.6) is 0 Å². The summed E-state index contributed by atoms with van der Waals surface area (Å²) >= 11 is 6.91. The minimum atomic E-state index is -3.55. The van der Waals surface area contributed by atoms with Gasteiger partial charge in [0.05, 0.1) is 17.6 Å². The number of thiophene rings is 1. The molecular formula is C14H20ClN3O4S2. The lowest BCUT2D eigenvalue weighted by molar-refractivity contribution is -0.136. The van der Waals surface area contributed by atoms with Crippen molar-refractivity contribution < 1.29 is 17.9 Å². The molecule has 2 aliphatic rings. The molecular weight excluding hydrogens is 374 g/mol. The molecule has 7 nitrogen and oxygen atoms in total. The van der Waals surface area contributed by atoms with Gasteiger partial charge in [-0.25, -0.2) is 8.42 Å². The number of carbonyl (C=O) groups excluding carboxylic acids is 1. The highest BCUT2D eigenvalue weighted by Crippen LogP contribution is 2.28. The third-order valence-corrected chi connectivity index (χ3v) is 7.73. The van der Waals surface area contributed by atoms with Gasteiger partial charge in [-0.2, -0.15) is 4.31 Å². The zero-order valence-corrected chi connectivity index (χ0v) is 15.5. The minimum absolute atomic E-state index is 0.0203. The highest BCUT2D eigenvalue weighted by atomic mass is 35.5. The van der Waals surface area contributed by atoms with Crippen molar-refractivity contribution in [3.63, 3.8) is 0 Å². The fourth-order valence-corrected chi connectivity index (χ4v) is 5.97. The smallest absolute Gasteiger partial charge is 0.252 e. The Bertz CT molecular complexity index is 688. The molecule has 0 aromatic carbocycles. The van der Waals surface area contributed by atoms with Gasteiger partial charge in [0.2, 0.25) is 5.91 Å². The molecule has 3 heterocycles. The molecule has 0 bridgehead atoms. The van der Waals surface area contributed by atoms with Gasteiger partial charge >= 0.3 is 0 Å². The van der Waals surface area contributed by atoms with Crippen LogP contribution in [-0.4, -0.2) is 75.5 Å². The predicted molar refractivity (Wildman–Crippen MR) is 91.9 cm³/mol. The van der Waals surface area contributed by atoms with Crippen molar-refractivity contribution in [3.05, 3.63) is 16.5 Å². The Morgan fingerprint density at radius 2 is 2.12 bits per heavy atom. The number of amides is 1. The first-order valence-electron chi connectivity index (χ1n) is 7.84. The molecule has 0 aliphatic carbocycles. The van der Waals surface area contributed by atoms with Crippen molar-refractivity contribution in [1.29, 1.82) is 0 Å². The van der Waals surface area contributed by atoms with Gasteiger partial charge in [0.15, 0.2) is 0 Å². The first-order valence-corrected chi connectivity index (χ1v) is 10.5. The summed E-state index contributed by atoms with van der Waals surface area (Å²) in [7, 11) is -3.55. The number of nitrogens with one attached hydrogen (secondary N) is 1.